The molecule has 1 N–H and O–H groups in total. The summed E-state index contributed by atoms with van der Waals surface area (Å²) in [5.41, 5.74) is 5.31. The molecular formula is C29H29ClFN5O2. The Labute approximate surface area is 226 Å². The number of rotatable bonds is 5. The van der Waals surface area contributed by atoms with Crippen LogP contribution in [-0.4, -0.2) is 62.6 Å². The summed E-state index contributed by atoms with van der Waals surface area (Å²) >= 11 is 6.36. The maximum atomic E-state index is 14.9. The molecule has 0 amide bonds. The summed E-state index contributed by atoms with van der Waals surface area (Å²) < 4.78 is 26.1. The lowest BCUT2D eigenvalue weighted by Gasteiger charge is -2.32. The van der Waals surface area contributed by atoms with Crippen molar-refractivity contribution in [2.45, 2.75) is 6.92 Å². The number of ether oxygens (including phenoxy) is 2. The van der Waals surface area contributed by atoms with E-state index in [0.717, 1.165) is 60.0 Å². The summed E-state index contributed by atoms with van der Waals surface area (Å²) in [6, 6.07) is 14.5. The van der Waals surface area contributed by atoms with Gasteiger partial charge in [0.25, 0.3) is 0 Å². The van der Waals surface area contributed by atoms with Crippen molar-refractivity contribution in [2.75, 3.05) is 67.7 Å². The molecular weight excluding hydrogens is 505 g/mol. The number of morpholine rings is 2. The van der Waals surface area contributed by atoms with E-state index in [2.05, 4.69) is 21.2 Å². The Balaban J connectivity index is 1.51. The predicted octanol–water partition coefficient (Wildman–Crippen LogP) is 5.81. The largest absolute Gasteiger partial charge is 0.378 e. The molecule has 4 heterocycles. The van der Waals surface area contributed by atoms with Gasteiger partial charge in [0.15, 0.2) is 5.82 Å². The fourth-order valence-corrected chi connectivity index (χ4v) is 5.27. The van der Waals surface area contributed by atoms with Crippen molar-refractivity contribution in [3.8, 4) is 11.3 Å². The minimum atomic E-state index is -0.319. The van der Waals surface area contributed by atoms with Crippen LogP contribution in [0.5, 0.6) is 0 Å². The van der Waals surface area contributed by atoms with Gasteiger partial charge in [0.05, 0.1) is 60.9 Å². The molecule has 2 aromatic carbocycles. The number of hydrogen-bond acceptors (Lipinski definition) is 7. The average molecular weight is 534 g/mol. The molecule has 0 bridgehead atoms. The second-order valence-electron chi connectivity index (χ2n) is 9.49. The molecule has 0 radical (unpaired) electrons. The number of nitrogens with zero attached hydrogens (tertiary/aromatic N) is 4. The molecule has 2 aliphatic heterocycles. The zero-order valence-electron chi connectivity index (χ0n) is 21.2. The highest BCUT2D eigenvalue weighted by atomic mass is 35.5. The second-order valence-corrected chi connectivity index (χ2v) is 9.93. The number of anilines is 4. The smallest absolute Gasteiger partial charge is 0.152 e. The molecule has 2 fully saturated rings. The molecule has 0 spiro atoms. The molecule has 196 valence electrons. The number of fused-ring (bicyclic) bond motifs is 1. The SMILES string of the molecule is Cc1c(-c2ccccc2F)nc2cc(Cl)ccc2c1Nc1cc(N2CCOCC2)cnc1N1CCOCC1. The number of aromatic nitrogens is 2. The summed E-state index contributed by atoms with van der Waals surface area (Å²) in [5, 5.41) is 5.17. The van der Waals surface area contributed by atoms with Crippen LogP contribution >= 0.6 is 11.6 Å². The van der Waals surface area contributed by atoms with E-state index < -0.39 is 0 Å². The molecule has 0 aliphatic carbocycles. The Morgan fingerprint density at radius 1 is 0.921 bits per heavy atom. The lowest BCUT2D eigenvalue weighted by Crippen LogP contribution is -2.38. The molecule has 4 aromatic rings. The topological polar surface area (TPSA) is 62.8 Å². The maximum absolute atomic E-state index is 14.9. The molecule has 2 saturated heterocycles. The summed E-state index contributed by atoms with van der Waals surface area (Å²) in [4.78, 5) is 14.3. The van der Waals surface area contributed by atoms with E-state index >= 15 is 0 Å². The van der Waals surface area contributed by atoms with E-state index in [0.29, 0.717) is 48.2 Å². The van der Waals surface area contributed by atoms with Crippen LogP contribution in [0.1, 0.15) is 5.56 Å². The molecule has 2 aromatic heterocycles. The highest BCUT2D eigenvalue weighted by Crippen LogP contribution is 2.39. The molecule has 0 atom stereocenters. The van der Waals surface area contributed by atoms with Gasteiger partial charge in [-0.3, -0.25) is 0 Å². The highest BCUT2D eigenvalue weighted by Gasteiger charge is 2.22. The van der Waals surface area contributed by atoms with Gasteiger partial charge in [0, 0.05) is 42.2 Å². The van der Waals surface area contributed by atoms with Crippen LogP contribution in [0.3, 0.4) is 0 Å². The minimum absolute atomic E-state index is 0.319. The normalized spacial score (nSPS) is 16.2. The quantitative estimate of drug-likeness (QED) is 0.347. The number of halogens is 2. The van der Waals surface area contributed by atoms with Crippen LogP contribution < -0.4 is 15.1 Å². The minimum Gasteiger partial charge on any atom is -0.378 e. The van der Waals surface area contributed by atoms with Crippen molar-refractivity contribution in [1.29, 1.82) is 0 Å². The van der Waals surface area contributed by atoms with Crippen LogP contribution in [0.2, 0.25) is 5.02 Å². The second kappa shape index (κ2) is 10.7. The van der Waals surface area contributed by atoms with Gasteiger partial charge in [-0.1, -0.05) is 23.7 Å². The van der Waals surface area contributed by atoms with Crippen molar-refractivity contribution in [3.05, 3.63) is 71.1 Å². The number of benzene rings is 2. The van der Waals surface area contributed by atoms with E-state index in [1.807, 2.05) is 37.4 Å². The molecule has 38 heavy (non-hydrogen) atoms. The van der Waals surface area contributed by atoms with Gasteiger partial charge in [0.2, 0.25) is 0 Å². The Kier molecular flexibility index (Phi) is 7.02. The van der Waals surface area contributed by atoms with Gasteiger partial charge in [0.1, 0.15) is 5.82 Å². The predicted molar refractivity (Wildman–Crippen MR) is 150 cm³/mol. The van der Waals surface area contributed by atoms with E-state index in [4.69, 9.17) is 31.0 Å². The Morgan fingerprint density at radius 2 is 1.63 bits per heavy atom. The van der Waals surface area contributed by atoms with Gasteiger partial charge in [-0.25, -0.2) is 14.4 Å². The molecule has 0 saturated carbocycles. The van der Waals surface area contributed by atoms with Crippen LogP contribution in [0.25, 0.3) is 22.2 Å². The van der Waals surface area contributed by atoms with Crippen molar-refractivity contribution in [1.82, 2.24) is 9.97 Å². The fourth-order valence-electron chi connectivity index (χ4n) is 5.10. The summed E-state index contributed by atoms with van der Waals surface area (Å²) in [5.74, 6) is 0.538. The zero-order chi connectivity index (χ0) is 26.1. The lowest BCUT2D eigenvalue weighted by atomic mass is 10.0. The monoisotopic (exact) mass is 533 g/mol. The highest BCUT2D eigenvalue weighted by molar-refractivity contribution is 6.31. The molecule has 2 aliphatic rings. The summed E-state index contributed by atoms with van der Waals surface area (Å²) in [7, 11) is 0. The van der Waals surface area contributed by atoms with Crippen molar-refractivity contribution >= 4 is 45.4 Å². The van der Waals surface area contributed by atoms with E-state index in [9.17, 15) is 4.39 Å². The Morgan fingerprint density at radius 3 is 2.37 bits per heavy atom. The number of hydrogen-bond donors (Lipinski definition) is 1. The van der Waals surface area contributed by atoms with Gasteiger partial charge >= 0.3 is 0 Å². The molecule has 7 nitrogen and oxygen atoms in total. The van der Waals surface area contributed by atoms with Crippen LogP contribution in [0.4, 0.5) is 27.3 Å². The lowest BCUT2D eigenvalue weighted by molar-refractivity contribution is 0.122. The molecule has 6 rings (SSSR count). The van der Waals surface area contributed by atoms with Crippen LogP contribution in [0, 0.1) is 12.7 Å². The zero-order valence-corrected chi connectivity index (χ0v) is 22.0. The third-order valence-corrected chi connectivity index (χ3v) is 7.35. The van der Waals surface area contributed by atoms with E-state index in [-0.39, 0.29) is 5.82 Å². The van der Waals surface area contributed by atoms with E-state index in [1.54, 1.807) is 12.1 Å². The van der Waals surface area contributed by atoms with Gasteiger partial charge in [-0.05, 0) is 48.9 Å². The van der Waals surface area contributed by atoms with Gasteiger partial charge in [-0.15, -0.1) is 0 Å². The third kappa shape index (κ3) is 4.87. The first-order chi connectivity index (χ1) is 18.6. The standard InChI is InChI=1S/C29H29ClFN5O2/c1-19-27(22-4-2-3-5-24(22)31)33-25-16-20(30)6-7-23(25)28(19)34-26-17-21(35-8-12-37-13-9-35)18-32-29(26)36-10-14-38-15-11-36/h2-7,16-18H,8-15H2,1H3,(H,33,34). The Hall–Kier alpha value is -3.46. The molecule has 0 unspecified atom stereocenters. The van der Waals surface area contributed by atoms with Crippen LogP contribution in [-0.2, 0) is 9.47 Å². The first-order valence-corrected chi connectivity index (χ1v) is 13.2. The van der Waals surface area contributed by atoms with Gasteiger partial charge in [-0.2, -0.15) is 0 Å². The van der Waals surface area contributed by atoms with Crippen molar-refractivity contribution < 1.29 is 13.9 Å². The molecule has 9 heteroatoms. The number of nitrogens with one attached hydrogen (secondary N) is 1. The fraction of sp³-hybridized carbons (Fsp3) is 0.310. The van der Waals surface area contributed by atoms with Gasteiger partial charge < -0.3 is 24.6 Å². The first-order valence-electron chi connectivity index (χ1n) is 12.9. The first kappa shape index (κ1) is 24.9. The van der Waals surface area contributed by atoms with Crippen molar-refractivity contribution in [2.24, 2.45) is 0 Å². The third-order valence-electron chi connectivity index (χ3n) is 7.12. The van der Waals surface area contributed by atoms with Crippen molar-refractivity contribution in [3.63, 3.8) is 0 Å². The van der Waals surface area contributed by atoms with Crippen LogP contribution in [0.15, 0.2) is 54.7 Å². The summed E-state index contributed by atoms with van der Waals surface area (Å²) in [6.45, 7) is 7.78. The maximum Gasteiger partial charge on any atom is 0.152 e. The average Bonchev–Trinajstić information content (AvgIpc) is 2.95. The summed E-state index contributed by atoms with van der Waals surface area (Å²) in [6.07, 6.45) is 1.93. The number of pyridine rings is 2. The van der Waals surface area contributed by atoms with E-state index in [1.165, 1.54) is 6.07 Å². The Bertz CT molecular complexity index is 1470.